The molecular weight excluding hydrogens is 250 g/mol. The summed E-state index contributed by atoms with van der Waals surface area (Å²) >= 11 is 0. The first-order valence-corrected chi connectivity index (χ1v) is 6.42. The van der Waals surface area contributed by atoms with Gasteiger partial charge in [-0.1, -0.05) is 20.3 Å². The fourth-order valence-electron chi connectivity index (χ4n) is 1.72. The average Bonchev–Trinajstić information content (AvgIpc) is 2.35. The Morgan fingerprint density at radius 2 is 1.89 bits per heavy atom. The zero-order valence-corrected chi connectivity index (χ0v) is 11.2. The second-order valence-corrected chi connectivity index (χ2v) is 4.73. The van der Waals surface area contributed by atoms with Crippen LogP contribution in [0.5, 0.6) is 0 Å². The van der Waals surface area contributed by atoms with Crippen molar-refractivity contribution in [3.63, 3.8) is 0 Å². The number of amides is 1. The van der Waals surface area contributed by atoms with Gasteiger partial charge in [0.1, 0.15) is 11.6 Å². The second-order valence-electron chi connectivity index (χ2n) is 4.73. The summed E-state index contributed by atoms with van der Waals surface area (Å²) in [6.07, 6.45) is 1.19. The lowest BCUT2D eigenvalue weighted by Crippen LogP contribution is -2.45. The molecule has 3 nitrogen and oxygen atoms in total. The Balaban J connectivity index is 2.43. The fourth-order valence-corrected chi connectivity index (χ4v) is 1.72. The lowest BCUT2D eigenvalue weighted by molar-refractivity contribution is -0.123. The van der Waals surface area contributed by atoms with Gasteiger partial charge >= 0.3 is 0 Å². The SMILES string of the molecule is CC[C@H](C)[C@H](N)C(=O)NCCc1cc(F)cc(F)c1. The molecule has 3 N–H and O–H groups in total. The Kier molecular flexibility index (Phi) is 5.89. The Hall–Kier alpha value is -1.49. The van der Waals surface area contributed by atoms with Crippen LogP contribution in [-0.2, 0) is 11.2 Å². The van der Waals surface area contributed by atoms with E-state index in [2.05, 4.69) is 5.32 Å². The van der Waals surface area contributed by atoms with Crippen molar-refractivity contribution in [2.24, 2.45) is 11.7 Å². The molecule has 0 saturated carbocycles. The number of halogens is 2. The molecule has 0 aromatic heterocycles. The van der Waals surface area contributed by atoms with Crippen LogP contribution in [0, 0.1) is 17.6 Å². The van der Waals surface area contributed by atoms with Gasteiger partial charge in [0.2, 0.25) is 5.91 Å². The van der Waals surface area contributed by atoms with Gasteiger partial charge in [-0.15, -0.1) is 0 Å². The van der Waals surface area contributed by atoms with Crippen molar-refractivity contribution in [2.75, 3.05) is 6.54 Å². The molecule has 0 aliphatic heterocycles. The standard InChI is InChI=1S/C14H20F2N2O/c1-3-9(2)13(17)14(19)18-5-4-10-6-11(15)8-12(16)7-10/h6-9,13H,3-5,17H2,1-2H3,(H,18,19)/t9-,13-/m0/s1. The maximum Gasteiger partial charge on any atom is 0.237 e. The smallest absolute Gasteiger partial charge is 0.237 e. The number of carbonyl (C=O) groups excluding carboxylic acids is 1. The fraction of sp³-hybridized carbons (Fsp3) is 0.500. The summed E-state index contributed by atoms with van der Waals surface area (Å²) < 4.78 is 25.9. The van der Waals surface area contributed by atoms with Crippen LogP contribution in [0.3, 0.4) is 0 Å². The van der Waals surface area contributed by atoms with Crippen LogP contribution in [0.25, 0.3) is 0 Å². The predicted octanol–water partition coefficient (Wildman–Crippen LogP) is 2.00. The van der Waals surface area contributed by atoms with Gasteiger partial charge < -0.3 is 11.1 Å². The summed E-state index contributed by atoms with van der Waals surface area (Å²) in [5.41, 5.74) is 6.28. The summed E-state index contributed by atoms with van der Waals surface area (Å²) in [4.78, 5) is 11.7. The molecule has 1 amide bonds. The molecule has 0 fully saturated rings. The molecule has 0 unspecified atom stereocenters. The summed E-state index contributed by atoms with van der Waals surface area (Å²) in [6.45, 7) is 4.19. The number of benzene rings is 1. The first-order valence-electron chi connectivity index (χ1n) is 6.42. The van der Waals surface area contributed by atoms with Gasteiger partial charge in [0.25, 0.3) is 0 Å². The number of hydrogen-bond donors (Lipinski definition) is 2. The molecule has 19 heavy (non-hydrogen) atoms. The van der Waals surface area contributed by atoms with E-state index in [0.717, 1.165) is 12.5 Å². The van der Waals surface area contributed by atoms with Crippen LogP contribution < -0.4 is 11.1 Å². The number of nitrogens with one attached hydrogen (secondary N) is 1. The van der Waals surface area contributed by atoms with E-state index >= 15 is 0 Å². The van der Waals surface area contributed by atoms with Crippen LogP contribution in [0.4, 0.5) is 8.78 Å². The molecule has 0 aliphatic rings. The van der Waals surface area contributed by atoms with Gasteiger partial charge in [0, 0.05) is 12.6 Å². The largest absolute Gasteiger partial charge is 0.354 e. The predicted molar refractivity (Wildman–Crippen MR) is 70.5 cm³/mol. The van der Waals surface area contributed by atoms with Gasteiger partial charge in [0.05, 0.1) is 6.04 Å². The minimum absolute atomic E-state index is 0.103. The molecule has 0 heterocycles. The second kappa shape index (κ2) is 7.19. The topological polar surface area (TPSA) is 55.1 Å². The highest BCUT2D eigenvalue weighted by molar-refractivity contribution is 5.81. The number of carbonyl (C=O) groups is 1. The minimum Gasteiger partial charge on any atom is -0.354 e. The average molecular weight is 270 g/mol. The van der Waals surface area contributed by atoms with Crippen LogP contribution in [-0.4, -0.2) is 18.5 Å². The van der Waals surface area contributed by atoms with Crippen LogP contribution in [0.2, 0.25) is 0 Å². The summed E-state index contributed by atoms with van der Waals surface area (Å²) in [5, 5.41) is 2.68. The molecule has 1 aromatic carbocycles. The number of hydrogen-bond acceptors (Lipinski definition) is 2. The highest BCUT2D eigenvalue weighted by Crippen LogP contribution is 2.08. The van der Waals surface area contributed by atoms with Gasteiger partial charge in [-0.05, 0) is 30.0 Å². The molecule has 5 heteroatoms. The van der Waals surface area contributed by atoms with Crippen molar-refractivity contribution < 1.29 is 13.6 Å². The Morgan fingerprint density at radius 3 is 2.42 bits per heavy atom. The zero-order chi connectivity index (χ0) is 14.4. The normalized spacial score (nSPS) is 13.9. The molecule has 0 radical (unpaired) electrons. The van der Waals surface area contributed by atoms with E-state index in [1.165, 1.54) is 12.1 Å². The Bertz CT molecular complexity index is 417. The van der Waals surface area contributed by atoms with Gasteiger partial charge in [-0.3, -0.25) is 4.79 Å². The van der Waals surface area contributed by atoms with Crippen molar-refractivity contribution in [3.05, 3.63) is 35.4 Å². The highest BCUT2D eigenvalue weighted by atomic mass is 19.1. The van der Waals surface area contributed by atoms with Gasteiger partial charge in [-0.25, -0.2) is 8.78 Å². The third-order valence-corrected chi connectivity index (χ3v) is 3.19. The Labute approximate surface area is 112 Å². The van der Waals surface area contributed by atoms with Crippen LogP contribution in [0.1, 0.15) is 25.8 Å². The molecule has 1 aromatic rings. The van der Waals surface area contributed by atoms with Crippen molar-refractivity contribution in [1.82, 2.24) is 5.32 Å². The summed E-state index contributed by atoms with van der Waals surface area (Å²) in [7, 11) is 0. The molecule has 106 valence electrons. The molecule has 0 aliphatic carbocycles. The van der Waals surface area contributed by atoms with E-state index in [0.29, 0.717) is 18.5 Å². The molecule has 0 saturated heterocycles. The highest BCUT2D eigenvalue weighted by Gasteiger charge is 2.18. The van der Waals surface area contributed by atoms with Gasteiger partial charge in [-0.2, -0.15) is 0 Å². The van der Waals surface area contributed by atoms with Crippen LogP contribution >= 0.6 is 0 Å². The lowest BCUT2D eigenvalue weighted by Gasteiger charge is -2.17. The van der Waals surface area contributed by atoms with Crippen molar-refractivity contribution in [3.8, 4) is 0 Å². The van der Waals surface area contributed by atoms with Crippen molar-refractivity contribution in [1.29, 1.82) is 0 Å². The third-order valence-electron chi connectivity index (χ3n) is 3.19. The maximum atomic E-state index is 12.9. The van der Waals surface area contributed by atoms with E-state index in [4.69, 9.17) is 5.73 Å². The van der Waals surface area contributed by atoms with Crippen molar-refractivity contribution in [2.45, 2.75) is 32.7 Å². The molecule has 2 atom stereocenters. The third kappa shape index (κ3) is 4.95. The molecule has 0 spiro atoms. The zero-order valence-electron chi connectivity index (χ0n) is 11.2. The van der Waals surface area contributed by atoms with E-state index in [9.17, 15) is 13.6 Å². The monoisotopic (exact) mass is 270 g/mol. The molecular formula is C14H20F2N2O. The van der Waals surface area contributed by atoms with Gasteiger partial charge in [0.15, 0.2) is 0 Å². The van der Waals surface area contributed by atoms with E-state index in [1.54, 1.807) is 0 Å². The van der Waals surface area contributed by atoms with Crippen molar-refractivity contribution >= 4 is 5.91 Å². The summed E-state index contributed by atoms with van der Waals surface area (Å²) in [6, 6.07) is 2.78. The van der Waals surface area contributed by atoms with E-state index < -0.39 is 17.7 Å². The number of nitrogens with two attached hydrogens (primary N) is 1. The maximum absolute atomic E-state index is 12.9. The number of rotatable bonds is 6. The van der Waals surface area contributed by atoms with E-state index in [1.807, 2.05) is 13.8 Å². The quantitative estimate of drug-likeness (QED) is 0.830. The molecule has 1 rings (SSSR count). The first kappa shape index (κ1) is 15.6. The van der Waals surface area contributed by atoms with E-state index in [-0.39, 0.29) is 11.8 Å². The minimum atomic E-state index is -0.613. The summed E-state index contributed by atoms with van der Waals surface area (Å²) in [5.74, 6) is -1.35. The first-order chi connectivity index (χ1) is 8.93. The molecule has 0 bridgehead atoms. The lowest BCUT2D eigenvalue weighted by atomic mass is 9.99. The van der Waals surface area contributed by atoms with Crippen LogP contribution in [0.15, 0.2) is 18.2 Å². The Morgan fingerprint density at radius 1 is 1.32 bits per heavy atom.